The van der Waals surface area contributed by atoms with Gasteiger partial charge in [0.2, 0.25) is 0 Å². The maximum absolute atomic E-state index is 13.4. The van der Waals surface area contributed by atoms with Gasteiger partial charge in [-0.05, 0) is 41.3 Å². The summed E-state index contributed by atoms with van der Waals surface area (Å²) in [6, 6.07) is 21.0. The molecule has 2 aromatic carbocycles. The summed E-state index contributed by atoms with van der Waals surface area (Å²) in [4.78, 5) is 32.6. The van der Waals surface area contributed by atoms with Gasteiger partial charge in [-0.3, -0.25) is 19.5 Å². The number of thioether (sulfide) groups is 1. The van der Waals surface area contributed by atoms with Gasteiger partial charge in [0, 0.05) is 18.1 Å². The number of nitrogens with zero attached hydrogens (tertiary/aromatic N) is 2. The average molecular weight is 445 g/mol. The van der Waals surface area contributed by atoms with Crippen molar-refractivity contribution in [3.8, 4) is 5.75 Å². The van der Waals surface area contributed by atoms with E-state index in [1.54, 1.807) is 18.5 Å². The summed E-state index contributed by atoms with van der Waals surface area (Å²) >= 11 is 1.41. The van der Waals surface area contributed by atoms with Crippen LogP contribution in [-0.4, -0.2) is 28.3 Å². The second kappa shape index (κ2) is 10.3. The third kappa shape index (κ3) is 4.92. The van der Waals surface area contributed by atoms with Crippen molar-refractivity contribution in [3.05, 3.63) is 101 Å². The Kier molecular flexibility index (Phi) is 7.02. The average Bonchev–Trinajstić information content (AvgIpc) is 3.07. The summed E-state index contributed by atoms with van der Waals surface area (Å²) in [7, 11) is 0. The van der Waals surface area contributed by atoms with Crippen LogP contribution < -0.4 is 4.74 Å². The number of ether oxygens (including phenoxy) is 1. The maximum Gasteiger partial charge on any atom is 0.268 e. The molecule has 0 N–H and O–H groups in total. The molecule has 0 atom stereocenters. The van der Waals surface area contributed by atoms with Gasteiger partial charge >= 0.3 is 0 Å². The Labute approximate surface area is 192 Å². The number of aromatic nitrogens is 1. The fraction of sp³-hybridized carbons (Fsp3) is 0.192. The Hall–Kier alpha value is -3.38. The van der Waals surface area contributed by atoms with Crippen molar-refractivity contribution in [1.82, 2.24) is 9.88 Å². The van der Waals surface area contributed by atoms with Gasteiger partial charge in [0.15, 0.2) is 0 Å². The van der Waals surface area contributed by atoms with Crippen molar-refractivity contribution in [2.45, 2.75) is 25.6 Å². The van der Waals surface area contributed by atoms with Gasteiger partial charge in [-0.1, -0.05) is 55.5 Å². The number of carbonyl (C=O) groups excluding carboxylic acids is 2. The van der Waals surface area contributed by atoms with Crippen LogP contribution in [0, 0.1) is 0 Å². The molecule has 0 saturated carbocycles. The van der Waals surface area contributed by atoms with E-state index in [9.17, 15) is 9.59 Å². The van der Waals surface area contributed by atoms with Gasteiger partial charge in [0.05, 0.1) is 23.6 Å². The molecule has 5 nitrogen and oxygen atoms in total. The van der Waals surface area contributed by atoms with Crippen LogP contribution in [0.2, 0.25) is 0 Å². The van der Waals surface area contributed by atoms with Crippen LogP contribution in [0.5, 0.6) is 5.75 Å². The van der Waals surface area contributed by atoms with E-state index < -0.39 is 0 Å². The van der Waals surface area contributed by atoms with Crippen LogP contribution in [-0.2, 0) is 21.9 Å². The molecular formula is C26H24N2O3S. The van der Waals surface area contributed by atoms with E-state index in [4.69, 9.17) is 4.74 Å². The fourth-order valence-electron chi connectivity index (χ4n) is 3.43. The SMILES string of the molecule is CCCOc1ccc(C2=C(SCc3ccccc3)C(=O)N(Cc3cccnc3)C2=O)cc1. The smallest absolute Gasteiger partial charge is 0.268 e. The highest BCUT2D eigenvalue weighted by molar-refractivity contribution is 8.03. The van der Waals surface area contributed by atoms with Crippen LogP contribution in [0.4, 0.5) is 0 Å². The van der Waals surface area contributed by atoms with E-state index in [-0.39, 0.29) is 18.4 Å². The lowest BCUT2D eigenvalue weighted by Gasteiger charge is -2.15. The first-order chi connectivity index (χ1) is 15.7. The molecule has 2 heterocycles. The fourth-order valence-corrected chi connectivity index (χ4v) is 4.51. The van der Waals surface area contributed by atoms with Crippen LogP contribution in [0.15, 0.2) is 84.0 Å². The number of hydrogen-bond donors (Lipinski definition) is 0. The van der Waals surface area contributed by atoms with E-state index in [1.807, 2.05) is 60.7 Å². The Morgan fingerprint density at radius 1 is 0.906 bits per heavy atom. The third-order valence-electron chi connectivity index (χ3n) is 5.03. The zero-order valence-corrected chi connectivity index (χ0v) is 18.7. The van der Waals surface area contributed by atoms with Crippen LogP contribution in [0.1, 0.15) is 30.0 Å². The normalized spacial score (nSPS) is 13.7. The number of amides is 2. The summed E-state index contributed by atoms with van der Waals surface area (Å²) in [6.07, 6.45) is 4.27. The summed E-state index contributed by atoms with van der Waals surface area (Å²) in [6.45, 7) is 2.88. The van der Waals surface area contributed by atoms with Crippen molar-refractivity contribution >= 4 is 29.1 Å². The zero-order chi connectivity index (χ0) is 22.3. The Bertz CT molecular complexity index is 1110. The molecule has 0 unspecified atom stereocenters. The largest absolute Gasteiger partial charge is 0.494 e. The van der Waals surface area contributed by atoms with Gasteiger partial charge in [-0.25, -0.2) is 0 Å². The van der Waals surface area contributed by atoms with Gasteiger partial charge in [-0.15, -0.1) is 11.8 Å². The lowest BCUT2D eigenvalue weighted by Crippen LogP contribution is -2.31. The molecule has 0 radical (unpaired) electrons. The predicted molar refractivity (Wildman–Crippen MR) is 127 cm³/mol. The molecule has 1 aliphatic rings. The summed E-state index contributed by atoms with van der Waals surface area (Å²) < 4.78 is 5.66. The van der Waals surface area contributed by atoms with Crippen molar-refractivity contribution in [3.63, 3.8) is 0 Å². The first-order valence-electron chi connectivity index (χ1n) is 10.6. The van der Waals surface area contributed by atoms with Crippen molar-refractivity contribution in [2.75, 3.05) is 6.61 Å². The summed E-state index contributed by atoms with van der Waals surface area (Å²) in [5.74, 6) is 0.813. The molecule has 2 amide bonds. The lowest BCUT2D eigenvalue weighted by molar-refractivity contribution is -0.137. The molecule has 0 saturated heterocycles. The monoisotopic (exact) mass is 444 g/mol. The molecule has 162 valence electrons. The second-order valence-corrected chi connectivity index (χ2v) is 8.39. The Balaban J connectivity index is 1.64. The van der Waals surface area contributed by atoms with Crippen LogP contribution >= 0.6 is 11.8 Å². The number of imide groups is 1. The predicted octanol–water partition coefficient (Wildman–Crippen LogP) is 5.08. The quantitative estimate of drug-likeness (QED) is 0.431. The third-order valence-corrected chi connectivity index (χ3v) is 6.18. The van der Waals surface area contributed by atoms with Crippen molar-refractivity contribution in [2.24, 2.45) is 0 Å². The summed E-state index contributed by atoms with van der Waals surface area (Å²) in [5.41, 5.74) is 3.07. The molecular weight excluding hydrogens is 420 g/mol. The molecule has 4 rings (SSSR count). The second-order valence-electron chi connectivity index (χ2n) is 7.41. The highest BCUT2D eigenvalue weighted by atomic mass is 32.2. The van der Waals surface area contributed by atoms with Gasteiger partial charge < -0.3 is 4.74 Å². The number of hydrogen-bond acceptors (Lipinski definition) is 5. The Morgan fingerprint density at radius 2 is 1.66 bits per heavy atom. The van der Waals surface area contributed by atoms with E-state index in [0.29, 0.717) is 22.8 Å². The van der Waals surface area contributed by atoms with Gasteiger partial charge in [-0.2, -0.15) is 0 Å². The van der Waals surface area contributed by atoms with Crippen LogP contribution in [0.25, 0.3) is 5.57 Å². The van der Waals surface area contributed by atoms with Crippen molar-refractivity contribution < 1.29 is 14.3 Å². The van der Waals surface area contributed by atoms with Crippen molar-refractivity contribution in [1.29, 1.82) is 0 Å². The molecule has 6 heteroatoms. The van der Waals surface area contributed by atoms with E-state index >= 15 is 0 Å². The minimum atomic E-state index is -0.281. The number of rotatable bonds is 9. The van der Waals surface area contributed by atoms with Gasteiger partial charge in [0.25, 0.3) is 11.8 Å². The van der Waals surface area contributed by atoms with E-state index in [0.717, 1.165) is 28.9 Å². The van der Waals surface area contributed by atoms with E-state index in [1.165, 1.54) is 16.7 Å². The zero-order valence-electron chi connectivity index (χ0n) is 17.9. The highest BCUT2D eigenvalue weighted by Gasteiger charge is 2.39. The molecule has 0 aliphatic carbocycles. The topological polar surface area (TPSA) is 59.5 Å². The molecule has 0 spiro atoms. The first-order valence-corrected chi connectivity index (χ1v) is 11.5. The standard InChI is InChI=1S/C26H24N2O3S/c1-2-15-31-22-12-10-21(11-13-22)23-24(32-18-19-7-4-3-5-8-19)26(30)28(25(23)29)17-20-9-6-14-27-16-20/h3-14,16H,2,15,17-18H2,1H3. The Morgan fingerprint density at radius 3 is 2.34 bits per heavy atom. The lowest BCUT2D eigenvalue weighted by atomic mass is 10.1. The minimum Gasteiger partial charge on any atom is -0.494 e. The maximum atomic E-state index is 13.4. The number of carbonyl (C=O) groups is 2. The molecule has 3 aromatic rings. The minimum absolute atomic E-state index is 0.197. The van der Waals surface area contributed by atoms with E-state index in [2.05, 4.69) is 11.9 Å². The molecule has 0 fully saturated rings. The number of pyridine rings is 1. The van der Waals surface area contributed by atoms with Crippen LogP contribution in [0.3, 0.4) is 0 Å². The number of benzene rings is 2. The molecule has 1 aliphatic heterocycles. The molecule has 32 heavy (non-hydrogen) atoms. The van der Waals surface area contributed by atoms with Gasteiger partial charge in [0.1, 0.15) is 5.75 Å². The molecule has 1 aromatic heterocycles. The molecule has 0 bridgehead atoms. The summed E-state index contributed by atoms with van der Waals surface area (Å²) in [5, 5.41) is 0. The first kappa shape index (κ1) is 21.8. The highest BCUT2D eigenvalue weighted by Crippen LogP contribution is 2.38.